The number of carbonyl (C=O) groups is 6. The van der Waals surface area contributed by atoms with Crippen LogP contribution in [-0.4, -0.2) is 91.6 Å². The van der Waals surface area contributed by atoms with Crippen molar-refractivity contribution >= 4 is 35.6 Å². The Hall–Kier alpha value is -4.05. The second-order valence-electron chi connectivity index (χ2n) is 8.22. The Balaban J connectivity index is 3.01. The molecule has 11 N–H and O–H groups in total. The van der Waals surface area contributed by atoms with Gasteiger partial charge in [0.2, 0.25) is 17.7 Å². The lowest BCUT2D eigenvalue weighted by molar-refractivity contribution is -0.143. The molecule has 1 aromatic rings. The molecule has 1 rings (SSSR count). The smallest absolute Gasteiger partial charge is 0.326 e. The van der Waals surface area contributed by atoms with Gasteiger partial charge in [-0.1, -0.05) is 0 Å². The molecule has 0 bridgehead atoms. The van der Waals surface area contributed by atoms with Crippen LogP contribution in [0.3, 0.4) is 0 Å². The molecule has 0 fully saturated rings. The van der Waals surface area contributed by atoms with Crippen LogP contribution in [0.25, 0.3) is 0 Å². The number of carboxylic acids is 3. The summed E-state index contributed by atoms with van der Waals surface area (Å²) in [4.78, 5) is 78.2. The first-order valence-corrected chi connectivity index (χ1v) is 11.4. The first-order valence-electron chi connectivity index (χ1n) is 11.4. The Labute approximate surface area is 211 Å². The second-order valence-corrected chi connectivity index (χ2v) is 8.22. The zero-order valence-electron chi connectivity index (χ0n) is 20.0. The molecule has 4 unspecified atom stereocenters. The fourth-order valence-electron chi connectivity index (χ4n) is 3.22. The summed E-state index contributed by atoms with van der Waals surface area (Å²) < 4.78 is 0. The van der Waals surface area contributed by atoms with Crippen LogP contribution in [0, 0.1) is 0 Å². The quantitative estimate of drug-likeness (QED) is 0.0881. The molecule has 0 saturated carbocycles. The molecule has 0 saturated heterocycles. The number of aromatic nitrogens is 2. The van der Waals surface area contributed by atoms with Crippen LogP contribution in [0.5, 0.6) is 0 Å². The molecule has 0 spiro atoms. The Morgan fingerprint density at radius 3 is 1.97 bits per heavy atom. The average molecular weight is 528 g/mol. The third-order valence-corrected chi connectivity index (χ3v) is 5.18. The van der Waals surface area contributed by atoms with Gasteiger partial charge < -0.3 is 47.7 Å². The van der Waals surface area contributed by atoms with Gasteiger partial charge in [0.25, 0.3) is 0 Å². The lowest BCUT2D eigenvalue weighted by Crippen LogP contribution is -2.57. The summed E-state index contributed by atoms with van der Waals surface area (Å²) in [5, 5.41) is 34.3. The van der Waals surface area contributed by atoms with Crippen molar-refractivity contribution < 1.29 is 44.1 Å². The van der Waals surface area contributed by atoms with Crippen molar-refractivity contribution in [1.82, 2.24) is 25.9 Å². The minimum atomic E-state index is -1.45. The number of rotatable bonds is 18. The first kappa shape index (κ1) is 31.0. The van der Waals surface area contributed by atoms with E-state index in [1.54, 1.807) is 0 Å². The molecule has 16 nitrogen and oxygen atoms in total. The number of nitrogens with zero attached hydrogens (tertiary/aromatic N) is 1. The minimum absolute atomic E-state index is 0.0689. The monoisotopic (exact) mass is 527 g/mol. The van der Waals surface area contributed by atoms with E-state index in [-0.39, 0.29) is 19.3 Å². The van der Waals surface area contributed by atoms with Crippen molar-refractivity contribution in [3.05, 3.63) is 18.2 Å². The van der Waals surface area contributed by atoms with Crippen LogP contribution in [0.2, 0.25) is 0 Å². The van der Waals surface area contributed by atoms with Gasteiger partial charge in [-0.2, -0.15) is 0 Å². The maximum Gasteiger partial charge on any atom is 0.326 e. The number of hydrogen-bond donors (Lipinski definition) is 9. The van der Waals surface area contributed by atoms with Crippen molar-refractivity contribution in [1.29, 1.82) is 0 Å². The zero-order chi connectivity index (χ0) is 28.0. The largest absolute Gasteiger partial charge is 0.481 e. The average Bonchev–Trinajstić information content (AvgIpc) is 3.32. The van der Waals surface area contributed by atoms with Gasteiger partial charge in [0.05, 0.1) is 18.8 Å². The van der Waals surface area contributed by atoms with Gasteiger partial charge in [-0.05, 0) is 32.2 Å². The number of carboxylic acid groups (broad SMARTS) is 3. The maximum atomic E-state index is 13.0. The van der Waals surface area contributed by atoms with Crippen LogP contribution in [0.15, 0.2) is 12.5 Å². The minimum Gasteiger partial charge on any atom is -0.481 e. The summed E-state index contributed by atoms with van der Waals surface area (Å²) >= 11 is 0. The number of imidazole rings is 1. The first-order chi connectivity index (χ1) is 17.4. The normalized spacial score (nSPS) is 14.0. The number of aliphatic carboxylic acids is 3. The van der Waals surface area contributed by atoms with E-state index in [1.807, 2.05) is 0 Å². The molecule has 0 radical (unpaired) electrons. The van der Waals surface area contributed by atoms with Crippen molar-refractivity contribution in [3.8, 4) is 0 Å². The molecular formula is C21H33N7O9. The van der Waals surface area contributed by atoms with Gasteiger partial charge in [0.1, 0.15) is 18.1 Å². The van der Waals surface area contributed by atoms with Gasteiger partial charge >= 0.3 is 17.9 Å². The lowest BCUT2D eigenvalue weighted by Gasteiger charge is -2.25. The van der Waals surface area contributed by atoms with Gasteiger partial charge in [-0.25, -0.2) is 9.78 Å². The number of nitrogens with two attached hydrogens (primary N) is 2. The van der Waals surface area contributed by atoms with E-state index in [1.165, 1.54) is 12.5 Å². The number of amides is 3. The van der Waals surface area contributed by atoms with Crippen LogP contribution in [0.4, 0.5) is 0 Å². The molecule has 16 heteroatoms. The summed E-state index contributed by atoms with van der Waals surface area (Å²) in [6.07, 6.45) is 1.93. The topological polar surface area (TPSA) is 280 Å². The van der Waals surface area contributed by atoms with E-state index >= 15 is 0 Å². The van der Waals surface area contributed by atoms with Crippen molar-refractivity contribution in [3.63, 3.8) is 0 Å². The molecule has 0 aromatic carbocycles. The van der Waals surface area contributed by atoms with Gasteiger partial charge in [-0.15, -0.1) is 0 Å². The Morgan fingerprint density at radius 1 is 0.865 bits per heavy atom. The fraction of sp³-hybridized carbons (Fsp3) is 0.571. The van der Waals surface area contributed by atoms with Crippen molar-refractivity contribution in [2.45, 2.75) is 69.1 Å². The predicted octanol–water partition coefficient (Wildman–Crippen LogP) is -2.71. The van der Waals surface area contributed by atoms with Gasteiger partial charge in [-0.3, -0.25) is 24.0 Å². The highest BCUT2D eigenvalue weighted by molar-refractivity contribution is 5.94. The van der Waals surface area contributed by atoms with E-state index in [0.717, 1.165) is 0 Å². The number of aromatic amines is 1. The third kappa shape index (κ3) is 12.0. The van der Waals surface area contributed by atoms with Crippen molar-refractivity contribution in [2.75, 3.05) is 6.54 Å². The van der Waals surface area contributed by atoms with Crippen molar-refractivity contribution in [2.24, 2.45) is 11.5 Å². The summed E-state index contributed by atoms with van der Waals surface area (Å²) in [6, 6.07) is -5.54. The molecule has 37 heavy (non-hydrogen) atoms. The fourth-order valence-corrected chi connectivity index (χ4v) is 3.22. The molecule has 206 valence electrons. The molecule has 0 aliphatic heterocycles. The lowest BCUT2D eigenvalue weighted by atomic mass is 10.0. The molecule has 3 amide bonds. The number of H-pyrrole nitrogens is 1. The van der Waals surface area contributed by atoms with Crippen LogP contribution < -0.4 is 27.4 Å². The predicted molar refractivity (Wildman–Crippen MR) is 126 cm³/mol. The number of hydrogen-bond acceptors (Lipinski definition) is 9. The SMILES string of the molecule is NCCCCC(NC(=O)C(N)CC(=O)O)C(=O)NC(CCC(=O)O)C(=O)NC(Cc1cnc[nH]1)C(=O)O. The highest BCUT2D eigenvalue weighted by atomic mass is 16.4. The highest BCUT2D eigenvalue weighted by Gasteiger charge is 2.31. The number of unbranched alkanes of at least 4 members (excludes halogenated alkanes) is 1. The zero-order valence-corrected chi connectivity index (χ0v) is 20.0. The molecular weight excluding hydrogens is 494 g/mol. The Kier molecular flexibility index (Phi) is 13.3. The molecule has 1 heterocycles. The van der Waals surface area contributed by atoms with Crippen LogP contribution in [0.1, 0.15) is 44.2 Å². The van der Waals surface area contributed by atoms with Gasteiger partial charge in [0, 0.05) is 24.7 Å². The molecule has 1 aromatic heterocycles. The molecule has 0 aliphatic rings. The van der Waals surface area contributed by atoms with E-state index in [9.17, 15) is 33.9 Å². The molecule has 0 aliphatic carbocycles. The van der Waals surface area contributed by atoms with E-state index < -0.39 is 72.6 Å². The Morgan fingerprint density at radius 2 is 1.46 bits per heavy atom. The third-order valence-electron chi connectivity index (χ3n) is 5.18. The van der Waals surface area contributed by atoms with E-state index in [0.29, 0.717) is 25.1 Å². The van der Waals surface area contributed by atoms with Crippen LogP contribution in [-0.2, 0) is 35.2 Å². The second kappa shape index (κ2) is 15.8. The summed E-state index contributed by atoms with van der Waals surface area (Å²) in [7, 11) is 0. The summed E-state index contributed by atoms with van der Waals surface area (Å²) in [6.45, 7) is 0.303. The standard InChI is InChI=1S/C21H33N7O9/c22-6-2-1-3-13(26-18(33)12(23)8-17(31)32)19(34)27-14(4-5-16(29)30)20(35)28-15(21(36)37)7-11-9-24-10-25-11/h9-10,12-15H,1-8,22-23H2,(H,24,25)(H,26,33)(H,27,34)(H,28,35)(H,29,30)(H,31,32)(H,36,37). The van der Waals surface area contributed by atoms with E-state index in [4.69, 9.17) is 21.7 Å². The summed E-state index contributed by atoms with van der Waals surface area (Å²) in [5.41, 5.74) is 11.4. The Bertz CT molecular complexity index is 939. The maximum absolute atomic E-state index is 13.0. The number of carbonyl (C=O) groups excluding carboxylic acids is 3. The number of nitrogens with one attached hydrogen (secondary N) is 4. The van der Waals surface area contributed by atoms with Crippen LogP contribution >= 0.6 is 0 Å². The summed E-state index contributed by atoms with van der Waals surface area (Å²) in [5.74, 6) is -6.67. The van der Waals surface area contributed by atoms with Gasteiger partial charge in [0.15, 0.2) is 0 Å². The highest BCUT2D eigenvalue weighted by Crippen LogP contribution is 2.07. The molecule has 4 atom stereocenters. The van der Waals surface area contributed by atoms with E-state index in [2.05, 4.69) is 25.9 Å².